The van der Waals surface area contributed by atoms with E-state index in [9.17, 15) is 4.79 Å². The van der Waals surface area contributed by atoms with E-state index in [0.717, 1.165) is 19.3 Å². The van der Waals surface area contributed by atoms with E-state index >= 15 is 0 Å². The fourth-order valence-corrected chi connectivity index (χ4v) is 3.09. The van der Waals surface area contributed by atoms with Crippen molar-refractivity contribution in [1.29, 1.82) is 0 Å². The number of benzene rings is 2. The minimum absolute atomic E-state index is 0.0729. The highest BCUT2D eigenvalue weighted by molar-refractivity contribution is 6.30. The summed E-state index contributed by atoms with van der Waals surface area (Å²) >= 11 is 5.85. The molecule has 23 heavy (non-hydrogen) atoms. The highest BCUT2D eigenvalue weighted by atomic mass is 35.5. The molecule has 0 aromatic heterocycles. The maximum Gasteiger partial charge on any atom is 0.261 e. The largest absolute Gasteiger partial charge is 0.481 e. The van der Waals surface area contributed by atoms with Gasteiger partial charge in [0.2, 0.25) is 0 Å². The Hall–Kier alpha value is -2.00. The van der Waals surface area contributed by atoms with Gasteiger partial charge in [-0.05, 0) is 61.6 Å². The molecule has 2 atom stereocenters. The first-order valence-corrected chi connectivity index (χ1v) is 8.31. The number of amides is 1. The number of ether oxygens (including phenoxy) is 1. The summed E-state index contributed by atoms with van der Waals surface area (Å²) in [6.45, 7) is 1.76. The number of rotatable bonds is 4. The Morgan fingerprint density at radius 3 is 2.74 bits per heavy atom. The van der Waals surface area contributed by atoms with Crippen LogP contribution < -0.4 is 10.1 Å². The van der Waals surface area contributed by atoms with Crippen LogP contribution in [0.2, 0.25) is 5.02 Å². The van der Waals surface area contributed by atoms with E-state index in [0.29, 0.717) is 10.8 Å². The smallest absolute Gasteiger partial charge is 0.261 e. The van der Waals surface area contributed by atoms with E-state index in [2.05, 4.69) is 23.5 Å². The summed E-state index contributed by atoms with van der Waals surface area (Å²) in [5.74, 6) is 0.544. The Labute approximate surface area is 141 Å². The van der Waals surface area contributed by atoms with Crippen LogP contribution in [0.25, 0.3) is 0 Å². The molecule has 3 rings (SSSR count). The maximum atomic E-state index is 12.4. The summed E-state index contributed by atoms with van der Waals surface area (Å²) in [6.07, 6.45) is 2.59. The number of nitrogens with one attached hydrogen (secondary N) is 1. The van der Waals surface area contributed by atoms with Gasteiger partial charge in [0, 0.05) is 5.02 Å². The van der Waals surface area contributed by atoms with Crippen molar-refractivity contribution in [2.45, 2.75) is 38.3 Å². The van der Waals surface area contributed by atoms with Gasteiger partial charge in [0.15, 0.2) is 6.10 Å². The molecule has 0 unspecified atom stereocenters. The SMILES string of the molecule is C[C@H](Oc1ccc(Cl)cc1)C(=O)N[C@H]1CCCc2ccccc21. The van der Waals surface area contributed by atoms with Gasteiger partial charge in [-0.25, -0.2) is 0 Å². The first-order valence-electron chi connectivity index (χ1n) is 7.94. The molecule has 0 heterocycles. The number of halogens is 1. The van der Waals surface area contributed by atoms with E-state index in [1.54, 1.807) is 31.2 Å². The zero-order chi connectivity index (χ0) is 16.2. The molecule has 120 valence electrons. The average Bonchev–Trinajstić information content (AvgIpc) is 2.57. The predicted molar refractivity (Wildman–Crippen MR) is 91.8 cm³/mol. The summed E-state index contributed by atoms with van der Waals surface area (Å²) in [4.78, 5) is 12.4. The Morgan fingerprint density at radius 1 is 1.22 bits per heavy atom. The Kier molecular flexibility index (Phi) is 4.87. The van der Waals surface area contributed by atoms with Crippen LogP contribution in [0.3, 0.4) is 0 Å². The Morgan fingerprint density at radius 2 is 1.96 bits per heavy atom. The lowest BCUT2D eigenvalue weighted by atomic mass is 9.87. The molecule has 1 N–H and O–H groups in total. The summed E-state index contributed by atoms with van der Waals surface area (Å²) in [6, 6.07) is 15.4. The first-order chi connectivity index (χ1) is 11.1. The van der Waals surface area contributed by atoms with E-state index in [4.69, 9.17) is 16.3 Å². The molecule has 0 saturated carbocycles. The van der Waals surface area contributed by atoms with Crippen molar-refractivity contribution in [2.24, 2.45) is 0 Å². The monoisotopic (exact) mass is 329 g/mol. The highest BCUT2D eigenvalue weighted by Gasteiger charge is 2.24. The summed E-state index contributed by atoms with van der Waals surface area (Å²) < 4.78 is 5.69. The van der Waals surface area contributed by atoms with Crippen molar-refractivity contribution in [1.82, 2.24) is 5.32 Å². The normalized spacial score (nSPS) is 17.9. The summed E-state index contributed by atoms with van der Waals surface area (Å²) in [7, 11) is 0. The van der Waals surface area contributed by atoms with E-state index in [-0.39, 0.29) is 11.9 Å². The standard InChI is InChI=1S/C19H20ClNO2/c1-13(23-16-11-9-15(20)10-12-16)19(22)21-18-8-4-6-14-5-2-3-7-17(14)18/h2-3,5,7,9-13,18H,4,6,8H2,1H3,(H,21,22)/t13-,18-/m0/s1. The van der Waals surface area contributed by atoms with Gasteiger partial charge in [0.05, 0.1) is 6.04 Å². The number of hydrogen-bond acceptors (Lipinski definition) is 2. The molecule has 0 saturated heterocycles. The fourth-order valence-electron chi connectivity index (χ4n) is 2.96. The highest BCUT2D eigenvalue weighted by Crippen LogP contribution is 2.29. The molecular formula is C19H20ClNO2. The third kappa shape index (κ3) is 3.85. The average molecular weight is 330 g/mol. The van der Waals surface area contributed by atoms with Gasteiger partial charge in [0.25, 0.3) is 5.91 Å². The third-order valence-electron chi connectivity index (χ3n) is 4.18. The molecule has 0 aliphatic heterocycles. The summed E-state index contributed by atoms with van der Waals surface area (Å²) in [5.41, 5.74) is 2.56. The molecule has 0 bridgehead atoms. The molecule has 0 radical (unpaired) electrons. The van der Waals surface area contributed by atoms with Crippen molar-refractivity contribution in [3.05, 3.63) is 64.7 Å². The molecule has 2 aromatic rings. The molecule has 1 aliphatic carbocycles. The minimum Gasteiger partial charge on any atom is -0.481 e. The molecular weight excluding hydrogens is 310 g/mol. The molecule has 2 aromatic carbocycles. The molecule has 4 heteroatoms. The number of carbonyl (C=O) groups excluding carboxylic acids is 1. The number of hydrogen-bond donors (Lipinski definition) is 1. The Bertz CT molecular complexity index is 684. The van der Waals surface area contributed by atoms with Crippen LogP contribution in [-0.4, -0.2) is 12.0 Å². The van der Waals surface area contributed by atoms with Gasteiger partial charge >= 0.3 is 0 Å². The molecule has 0 fully saturated rings. The number of fused-ring (bicyclic) bond motifs is 1. The lowest BCUT2D eigenvalue weighted by Gasteiger charge is -2.27. The molecule has 1 aliphatic rings. The van der Waals surface area contributed by atoms with Crippen molar-refractivity contribution in [3.8, 4) is 5.75 Å². The minimum atomic E-state index is -0.551. The number of carbonyl (C=O) groups is 1. The fraction of sp³-hybridized carbons (Fsp3) is 0.316. The van der Waals surface area contributed by atoms with Gasteiger partial charge in [-0.3, -0.25) is 4.79 Å². The lowest BCUT2D eigenvalue weighted by Crippen LogP contribution is -2.39. The maximum absolute atomic E-state index is 12.4. The van der Waals surface area contributed by atoms with Crippen LogP contribution >= 0.6 is 11.6 Å². The van der Waals surface area contributed by atoms with Crippen LogP contribution in [0.5, 0.6) is 5.75 Å². The Balaban J connectivity index is 1.64. The first kappa shape index (κ1) is 15.9. The zero-order valence-electron chi connectivity index (χ0n) is 13.1. The van der Waals surface area contributed by atoms with Crippen LogP contribution in [0.1, 0.15) is 36.9 Å². The van der Waals surface area contributed by atoms with Gasteiger partial charge in [-0.2, -0.15) is 0 Å². The van der Waals surface area contributed by atoms with Crippen molar-refractivity contribution in [3.63, 3.8) is 0 Å². The quantitative estimate of drug-likeness (QED) is 0.908. The van der Waals surface area contributed by atoms with Crippen molar-refractivity contribution >= 4 is 17.5 Å². The number of aryl methyl sites for hydroxylation is 1. The van der Waals surface area contributed by atoms with Crippen LogP contribution in [0, 0.1) is 0 Å². The lowest BCUT2D eigenvalue weighted by molar-refractivity contribution is -0.128. The summed E-state index contributed by atoms with van der Waals surface area (Å²) in [5, 5.41) is 3.76. The molecule has 3 nitrogen and oxygen atoms in total. The van der Waals surface area contributed by atoms with Crippen LogP contribution in [0.4, 0.5) is 0 Å². The van der Waals surface area contributed by atoms with Gasteiger partial charge in [-0.1, -0.05) is 35.9 Å². The predicted octanol–water partition coefficient (Wildman–Crippen LogP) is 4.30. The van der Waals surface area contributed by atoms with Crippen molar-refractivity contribution < 1.29 is 9.53 Å². The second-order valence-electron chi connectivity index (χ2n) is 5.87. The topological polar surface area (TPSA) is 38.3 Å². The van der Waals surface area contributed by atoms with Crippen molar-refractivity contribution in [2.75, 3.05) is 0 Å². The third-order valence-corrected chi connectivity index (χ3v) is 4.43. The van der Waals surface area contributed by atoms with Gasteiger partial charge < -0.3 is 10.1 Å². The van der Waals surface area contributed by atoms with Crippen LogP contribution in [0.15, 0.2) is 48.5 Å². The van der Waals surface area contributed by atoms with E-state index < -0.39 is 6.10 Å². The van der Waals surface area contributed by atoms with E-state index in [1.807, 2.05) is 6.07 Å². The second-order valence-corrected chi connectivity index (χ2v) is 6.30. The zero-order valence-corrected chi connectivity index (χ0v) is 13.8. The van der Waals surface area contributed by atoms with Gasteiger partial charge in [-0.15, -0.1) is 0 Å². The van der Waals surface area contributed by atoms with E-state index in [1.165, 1.54) is 11.1 Å². The molecule has 0 spiro atoms. The van der Waals surface area contributed by atoms with Crippen LogP contribution in [-0.2, 0) is 11.2 Å². The second kappa shape index (κ2) is 7.05. The molecule has 1 amide bonds. The van der Waals surface area contributed by atoms with Gasteiger partial charge in [0.1, 0.15) is 5.75 Å².